The molecule has 0 aliphatic carbocycles. The SMILES string of the molecule is CCCCCC[Si](C)(C)c1ccc(I)cc1. The molecule has 0 N–H and O–H groups in total. The van der Waals surface area contributed by atoms with Crippen molar-refractivity contribution >= 4 is 35.9 Å². The van der Waals surface area contributed by atoms with Crippen molar-refractivity contribution in [3.05, 3.63) is 27.8 Å². The maximum absolute atomic E-state index is 2.50. The molecule has 0 nitrogen and oxygen atoms in total. The lowest BCUT2D eigenvalue weighted by Crippen LogP contribution is -2.40. The van der Waals surface area contributed by atoms with Crippen molar-refractivity contribution in [2.75, 3.05) is 0 Å². The van der Waals surface area contributed by atoms with E-state index in [1.165, 1.54) is 35.3 Å². The third-order valence-corrected chi connectivity index (χ3v) is 7.50. The lowest BCUT2D eigenvalue weighted by Gasteiger charge is -2.23. The van der Waals surface area contributed by atoms with Crippen LogP contribution < -0.4 is 5.19 Å². The highest BCUT2D eigenvalue weighted by atomic mass is 127. The van der Waals surface area contributed by atoms with Gasteiger partial charge in [0, 0.05) is 3.57 Å². The van der Waals surface area contributed by atoms with E-state index in [0.717, 1.165) is 0 Å². The molecular formula is C14H23ISi. The van der Waals surface area contributed by atoms with Gasteiger partial charge in [0.05, 0.1) is 8.07 Å². The number of hydrogen-bond acceptors (Lipinski definition) is 0. The first kappa shape index (κ1) is 14.2. The quantitative estimate of drug-likeness (QED) is 0.395. The molecule has 0 heterocycles. The molecule has 2 heteroatoms. The Bertz CT molecular complexity index is 303. The first-order chi connectivity index (χ1) is 7.56. The molecular weight excluding hydrogens is 323 g/mol. The van der Waals surface area contributed by atoms with E-state index < -0.39 is 8.07 Å². The van der Waals surface area contributed by atoms with Crippen LogP contribution in [0.4, 0.5) is 0 Å². The zero-order chi connectivity index (χ0) is 12.0. The minimum atomic E-state index is -1.16. The van der Waals surface area contributed by atoms with Crippen molar-refractivity contribution in [1.29, 1.82) is 0 Å². The van der Waals surface area contributed by atoms with Crippen LogP contribution in [0.25, 0.3) is 0 Å². The minimum absolute atomic E-state index is 1.16. The molecule has 0 radical (unpaired) electrons. The molecule has 0 aliphatic rings. The Labute approximate surface area is 115 Å². The monoisotopic (exact) mass is 346 g/mol. The van der Waals surface area contributed by atoms with Gasteiger partial charge in [-0.05, 0) is 34.7 Å². The van der Waals surface area contributed by atoms with E-state index in [1.807, 2.05) is 0 Å². The summed E-state index contributed by atoms with van der Waals surface area (Å²) < 4.78 is 1.34. The van der Waals surface area contributed by atoms with E-state index in [1.54, 1.807) is 5.19 Å². The van der Waals surface area contributed by atoms with Crippen LogP contribution in [-0.4, -0.2) is 8.07 Å². The molecule has 90 valence electrons. The highest BCUT2D eigenvalue weighted by molar-refractivity contribution is 14.1. The maximum atomic E-state index is 2.50. The van der Waals surface area contributed by atoms with Crippen molar-refractivity contribution in [2.24, 2.45) is 0 Å². The van der Waals surface area contributed by atoms with E-state index in [0.29, 0.717) is 0 Å². The van der Waals surface area contributed by atoms with Crippen molar-refractivity contribution in [3.8, 4) is 0 Å². The van der Waals surface area contributed by atoms with Crippen molar-refractivity contribution in [1.82, 2.24) is 0 Å². The van der Waals surface area contributed by atoms with Crippen LogP contribution in [0.3, 0.4) is 0 Å². The van der Waals surface area contributed by atoms with Gasteiger partial charge in [0.25, 0.3) is 0 Å². The van der Waals surface area contributed by atoms with Gasteiger partial charge in [-0.25, -0.2) is 0 Å². The fourth-order valence-corrected chi connectivity index (χ4v) is 4.89. The van der Waals surface area contributed by atoms with Gasteiger partial charge in [-0.15, -0.1) is 0 Å². The Morgan fingerprint density at radius 3 is 2.19 bits per heavy atom. The summed E-state index contributed by atoms with van der Waals surface area (Å²) in [6.07, 6.45) is 5.57. The lowest BCUT2D eigenvalue weighted by molar-refractivity contribution is 0.697. The summed E-state index contributed by atoms with van der Waals surface area (Å²) in [5, 5.41) is 1.62. The second kappa shape index (κ2) is 6.79. The number of hydrogen-bond donors (Lipinski definition) is 0. The summed E-state index contributed by atoms with van der Waals surface area (Å²) in [5.41, 5.74) is 0. The highest BCUT2D eigenvalue weighted by Crippen LogP contribution is 2.16. The zero-order valence-electron chi connectivity index (χ0n) is 10.7. The van der Waals surface area contributed by atoms with Gasteiger partial charge < -0.3 is 0 Å². The molecule has 0 aliphatic heterocycles. The van der Waals surface area contributed by atoms with Gasteiger partial charge >= 0.3 is 0 Å². The summed E-state index contributed by atoms with van der Waals surface area (Å²) in [7, 11) is -1.16. The maximum Gasteiger partial charge on any atom is 0.0806 e. The van der Waals surface area contributed by atoms with E-state index >= 15 is 0 Å². The lowest BCUT2D eigenvalue weighted by atomic mass is 10.2. The van der Waals surface area contributed by atoms with Crippen LogP contribution >= 0.6 is 22.6 Å². The minimum Gasteiger partial charge on any atom is -0.0654 e. The van der Waals surface area contributed by atoms with Crippen molar-refractivity contribution in [3.63, 3.8) is 0 Å². The molecule has 1 rings (SSSR count). The number of unbranched alkanes of at least 4 members (excludes halogenated alkanes) is 3. The Balaban J connectivity index is 2.52. The summed E-state index contributed by atoms with van der Waals surface area (Å²) in [5.74, 6) is 0. The molecule has 0 saturated heterocycles. The second-order valence-corrected chi connectivity index (χ2v) is 11.3. The second-order valence-electron chi connectivity index (χ2n) is 5.20. The number of benzene rings is 1. The van der Waals surface area contributed by atoms with E-state index in [-0.39, 0.29) is 0 Å². The summed E-state index contributed by atoms with van der Waals surface area (Å²) >= 11 is 2.38. The van der Waals surface area contributed by atoms with Gasteiger partial charge in [0.15, 0.2) is 0 Å². The summed E-state index contributed by atoms with van der Waals surface area (Å²) in [6.45, 7) is 7.28. The molecule has 0 spiro atoms. The summed E-state index contributed by atoms with van der Waals surface area (Å²) in [4.78, 5) is 0. The van der Waals surface area contributed by atoms with Crippen LogP contribution in [0.15, 0.2) is 24.3 Å². The van der Waals surface area contributed by atoms with Crippen LogP contribution in [0.2, 0.25) is 19.1 Å². The van der Waals surface area contributed by atoms with Gasteiger partial charge in [0.1, 0.15) is 0 Å². The van der Waals surface area contributed by atoms with Crippen LogP contribution in [-0.2, 0) is 0 Å². The Kier molecular flexibility index (Phi) is 6.04. The number of rotatable bonds is 6. The molecule has 0 fully saturated rings. The fraction of sp³-hybridized carbons (Fsp3) is 0.571. The standard InChI is InChI=1S/C14H23ISi/c1-4-5-6-7-12-16(2,3)14-10-8-13(15)9-11-14/h8-11H,4-7,12H2,1-3H3. The van der Waals surface area contributed by atoms with Crippen LogP contribution in [0, 0.1) is 3.57 Å². The first-order valence-corrected chi connectivity index (χ1v) is 10.6. The average molecular weight is 346 g/mol. The zero-order valence-corrected chi connectivity index (χ0v) is 13.9. The van der Waals surface area contributed by atoms with Gasteiger partial charge in [-0.3, -0.25) is 0 Å². The van der Waals surface area contributed by atoms with E-state index in [2.05, 4.69) is 66.9 Å². The third kappa shape index (κ3) is 4.58. The summed E-state index contributed by atoms with van der Waals surface area (Å²) in [6, 6.07) is 10.6. The Hall–Kier alpha value is 0.167. The van der Waals surface area contributed by atoms with Crippen molar-refractivity contribution in [2.45, 2.75) is 51.7 Å². The molecule has 0 bridgehead atoms. The van der Waals surface area contributed by atoms with Crippen LogP contribution in [0.1, 0.15) is 32.6 Å². The van der Waals surface area contributed by atoms with E-state index in [4.69, 9.17) is 0 Å². The topological polar surface area (TPSA) is 0 Å². The molecule has 0 amide bonds. The fourth-order valence-electron chi connectivity index (χ4n) is 2.04. The van der Waals surface area contributed by atoms with Gasteiger partial charge in [-0.2, -0.15) is 0 Å². The number of halogens is 1. The Morgan fingerprint density at radius 2 is 1.62 bits per heavy atom. The molecule has 16 heavy (non-hydrogen) atoms. The molecule has 0 unspecified atom stereocenters. The largest absolute Gasteiger partial charge is 0.0806 e. The molecule has 1 aromatic rings. The highest BCUT2D eigenvalue weighted by Gasteiger charge is 2.22. The molecule has 0 aromatic heterocycles. The van der Waals surface area contributed by atoms with Gasteiger partial charge in [-0.1, -0.05) is 69.1 Å². The molecule has 0 saturated carbocycles. The molecule has 0 atom stereocenters. The predicted molar refractivity (Wildman–Crippen MR) is 85.2 cm³/mol. The smallest absolute Gasteiger partial charge is 0.0654 e. The normalized spacial score (nSPS) is 11.8. The Morgan fingerprint density at radius 1 is 1.00 bits per heavy atom. The van der Waals surface area contributed by atoms with Crippen LogP contribution in [0.5, 0.6) is 0 Å². The first-order valence-electron chi connectivity index (χ1n) is 6.32. The van der Waals surface area contributed by atoms with Gasteiger partial charge in [0.2, 0.25) is 0 Å². The van der Waals surface area contributed by atoms with E-state index in [9.17, 15) is 0 Å². The van der Waals surface area contributed by atoms with Crippen molar-refractivity contribution < 1.29 is 0 Å². The predicted octanol–water partition coefficient (Wildman–Crippen LogP) is 4.79. The molecule has 1 aromatic carbocycles. The average Bonchev–Trinajstić information content (AvgIpc) is 2.25. The third-order valence-electron chi connectivity index (χ3n) is 3.28.